The smallest absolute Gasteiger partial charge is 0.187 e. The summed E-state index contributed by atoms with van der Waals surface area (Å²) in [6, 6.07) is -8.12. The van der Waals surface area contributed by atoms with Crippen LogP contribution in [0.1, 0.15) is 77.9 Å². The van der Waals surface area contributed by atoms with Gasteiger partial charge in [0.05, 0.1) is 26.0 Å². The predicted octanol–water partition coefficient (Wildman–Crippen LogP) is 8.00. The van der Waals surface area contributed by atoms with E-state index in [4.69, 9.17) is 31.2 Å². The van der Waals surface area contributed by atoms with E-state index in [1.807, 2.05) is 0 Å². The summed E-state index contributed by atoms with van der Waals surface area (Å²) < 4.78 is 171. The Kier molecular flexibility index (Phi) is 2.08. The molecule has 2 unspecified atom stereocenters. The maximum Gasteiger partial charge on any atom is 0.187 e. The van der Waals surface area contributed by atoms with Crippen molar-refractivity contribution >= 4 is 5.69 Å². The third-order valence-electron chi connectivity index (χ3n) is 4.25. The van der Waals surface area contributed by atoms with Gasteiger partial charge in [-0.25, -0.2) is 9.83 Å². The largest absolute Gasteiger partial charge is 0.299 e. The van der Waals surface area contributed by atoms with Crippen molar-refractivity contribution in [3.8, 4) is 28.2 Å². The van der Waals surface area contributed by atoms with Crippen LogP contribution in [0.15, 0.2) is 78.8 Å². The average molecular weight is 426 g/mol. The zero-order valence-electron chi connectivity index (χ0n) is 36.4. The molecule has 3 heteroatoms. The second-order valence-electron chi connectivity index (χ2n) is 6.38. The number of nitrogens with zero attached hydrogens (tertiary/aromatic N) is 3. The summed E-state index contributed by atoms with van der Waals surface area (Å²) in [7, 11) is 0. The summed E-state index contributed by atoms with van der Waals surface area (Å²) in [6.07, 6.45) is -1.91. The monoisotopic (exact) mass is 425 g/mol. The third-order valence-corrected chi connectivity index (χ3v) is 4.25. The molecular weight excluding hydrogens is 378 g/mol. The van der Waals surface area contributed by atoms with Gasteiger partial charge in [-0.2, -0.15) is 0 Å². The van der Waals surface area contributed by atoms with Crippen LogP contribution in [0.3, 0.4) is 0 Å². The molecule has 1 heterocycles. The molecule has 1 aromatic heterocycles. The van der Waals surface area contributed by atoms with E-state index in [1.54, 1.807) is 0 Å². The highest BCUT2D eigenvalue weighted by atomic mass is 15.1. The van der Waals surface area contributed by atoms with Crippen molar-refractivity contribution in [2.45, 2.75) is 39.3 Å². The maximum absolute atomic E-state index is 9.32. The van der Waals surface area contributed by atoms with Crippen LogP contribution in [0.25, 0.3) is 33.0 Å². The number of imidazole rings is 1. The van der Waals surface area contributed by atoms with Crippen LogP contribution in [-0.4, -0.2) is 9.55 Å². The molecule has 0 aliphatic carbocycles. The highest BCUT2D eigenvalue weighted by Gasteiger charge is 2.20. The minimum absolute atomic E-state index is 0.500. The molecule has 3 nitrogen and oxygen atoms in total. The van der Waals surface area contributed by atoms with Crippen molar-refractivity contribution in [3.63, 3.8) is 0 Å². The molecule has 0 radical (unpaired) electrons. The fraction of sp³-hybridized carbons (Fsp3) is 0.214. The second-order valence-corrected chi connectivity index (χ2v) is 6.38. The minimum atomic E-state index is -3.43. The Balaban J connectivity index is 2.51. The zero-order chi connectivity index (χ0) is 39.2. The van der Waals surface area contributed by atoms with Gasteiger partial charge in [0.15, 0.2) is 5.69 Å². The molecule has 0 spiro atoms. The van der Waals surface area contributed by atoms with Crippen LogP contribution >= 0.6 is 0 Å². The van der Waals surface area contributed by atoms with Gasteiger partial charge < -0.3 is 0 Å². The van der Waals surface area contributed by atoms with Crippen LogP contribution in [0.2, 0.25) is 0 Å². The molecule has 0 bridgehead atoms. The fourth-order valence-electron chi connectivity index (χ4n) is 2.91. The number of hydrogen-bond acceptors (Lipinski definition) is 1. The Morgan fingerprint density at radius 1 is 0.968 bits per heavy atom. The predicted molar refractivity (Wildman–Crippen MR) is 129 cm³/mol. The molecule has 0 N–H and O–H groups in total. The lowest BCUT2D eigenvalue weighted by molar-refractivity contribution is 0.807. The SMILES string of the molecule is [2H]c1cc(-c2nc([2H])c([2H])n2-c2c(C([2H])(C)C([2H])([2H])[2H])c([2H])c(-c3c([2H])c([2H])c([2H])c([2H])c3[2H])c([2H])c2C([2H])(C)C([2H])([2H])[2H])c([2H])c([N+]#[C-])c1[2H]. The van der Waals surface area contributed by atoms with Gasteiger partial charge in [-0.15, -0.1) is 0 Å². The first-order valence-electron chi connectivity index (χ1n) is 18.9. The minimum Gasteiger partial charge on any atom is -0.299 e. The molecule has 0 fully saturated rings. The average Bonchev–Trinajstić information content (AvgIpc) is 3.29. The van der Waals surface area contributed by atoms with E-state index in [2.05, 4.69) is 9.83 Å². The molecule has 3 aromatic carbocycles. The summed E-state index contributed by atoms with van der Waals surface area (Å²) in [5.41, 5.74) is -5.93. The van der Waals surface area contributed by atoms with Gasteiger partial charge in [0.2, 0.25) is 0 Å². The first-order valence-corrected chi connectivity index (χ1v) is 8.89. The molecule has 31 heavy (non-hydrogen) atoms. The molecule has 4 rings (SSSR count). The zero-order valence-corrected chi connectivity index (χ0v) is 16.4. The molecule has 2 atom stereocenters. The molecular formula is C28H27N3. The van der Waals surface area contributed by atoms with Crippen molar-refractivity contribution in [2.24, 2.45) is 0 Å². The summed E-state index contributed by atoms with van der Waals surface area (Å²) in [6.45, 7) is 2.15. The lowest BCUT2D eigenvalue weighted by Gasteiger charge is -2.23. The summed E-state index contributed by atoms with van der Waals surface area (Å²) >= 11 is 0. The summed E-state index contributed by atoms with van der Waals surface area (Å²) in [5.74, 6) is -6.78. The standard InChI is InChI=1S/C28H27N3/c1-19(2)25-17-23(21-10-7-6-8-11-21)18-26(20(3)4)27(25)31-15-14-30-28(31)22-12-9-13-24(16-22)29-5/h6-20H,1-4H3/i1D3,3D3,6D,7D,8D,9D,10D,11D,13D,14D,15D,16D,17D,18D,19D,20D. The summed E-state index contributed by atoms with van der Waals surface area (Å²) in [4.78, 5) is 7.07. The van der Waals surface area contributed by atoms with Gasteiger partial charge in [-0.05, 0) is 52.2 Å². The molecule has 0 saturated heterocycles. The van der Waals surface area contributed by atoms with E-state index in [-0.39, 0.29) is 0 Å². The molecule has 0 saturated carbocycles. The highest BCUT2D eigenvalue weighted by Crippen LogP contribution is 2.38. The molecule has 154 valence electrons. The van der Waals surface area contributed by atoms with Crippen molar-refractivity contribution < 1.29 is 27.4 Å². The van der Waals surface area contributed by atoms with E-state index >= 15 is 0 Å². The normalized spacial score (nSPS) is 24.9. The first kappa shape index (κ1) is 7.50. The van der Waals surface area contributed by atoms with E-state index in [9.17, 15) is 2.74 Å². The number of rotatable bonds is 5. The molecule has 0 aliphatic rings. The highest BCUT2D eigenvalue weighted by molar-refractivity contribution is 5.72. The first-order chi connectivity index (χ1) is 23.1. The number of benzene rings is 3. The molecule has 4 aromatic rings. The Morgan fingerprint density at radius 2 is 1.68 bits per heavy atom. The van der Waals surface area contributed by atoms with Crippen LogP contribution in [0, 0.1) is 6.57 Å². The second kappa shape index (κ2) is 8.62. The quantitative estimate of drug-likeness (QED) is 0.297. The Hall–Kier alpha value is -3.64. The topological polar surface area (TPSA) is 22.2 Å². The molecule has 0 amide bonds. The van der Waals surface area contributed by atoms with Gasteiger partial charge in [-0.1, -0.05) is 75.9 Å². The fourth-order valence-corrected chi connectivity index (χ4v) is 2.91. The van der Waals surface area contributed by atoms with E-state index < -0.39 is 143 Å². The van der Waals surface area contributed by atoms with Gasteiger partial charge in [-0.3, -0.25) is 4.57 Å². The van der Waals surface area contributed by atoms with Crippen molar-refractivity contribution in [3.05, 3.63) is 101 Å². The number of aromatic nitrogens is 2. The number of hydrogen-bond donors (Lipinski definition) is 0. The van der Waals surface area contributed by atoms with Crippen LogP contribution in [0.5, 0.6) is 0 Å². The van der Waals surface area contributed by atoms with Crippen molar-refractivity contribution in [2.75, 3.05) is 0 Å². The lowest BCUT2D eigenvalue weighted by atomic mass is 9.88. The summed E-state index contributed by atoms with van der Waals surface area (Å²) in [5, 5.41) is 0. The van der Waals surface area contributed by atoms with Crippen LogP contribution in [0.4, 0.5) is 5.69 Å². The van der Waals surface area contributed by atoms with Crippen molar-refractivity contribution in [1.29, 1.82) is 0 Å². The van der Waals surface area contributed by atoms with E-state index in [0.717, 1.165) is 19.9 Å². The van der Waals surface area contributed by atoms with Crippen LogP contribution < -0.4 is 0 Å². The van der Waals surface area contributed by atoms with E-state index in [0.29, 0.717) is 4.57 Å². The molecule has 0 aliphatic heterocycles. The van der Waals surface area contributed by atoms with Gasteiger partial charge in [0.1, 0.15) is 5.82 Å². The van der Waals surface area contributed by atoms with Crippen LogP contribution in [-0.2, 0) is 0 Å². The Labute approximate surface area is 212 Å². The van der Waals surface area contributed by atoms with Gasteiger partial charge >= 0.3 is 0 Å². The maximum atomic E-state index is 9.32. The van der Waals surface area contributed by atoms with Gasteiger partial charge in [0, 0.05) is 31.6 Å². The lowest BCUT2D eigenvalue weighted by Crippen LogP contribution is -2.08. The third kappa shape index (κ3) is 4.02. The van der Waals surface area contributed by atoms with Gasteiger partial charge in [0.25, 0.3) is 0 Å². The van der Waals surface area contributed by atoms with E-state index in [1.165, 1.54) is 0 Å². The van der Waals surface area contributed by atoms with Crippen molar-refractivity contribution in [1.82, 2.24) is 9.55 Å². The Morgan fingerprint density at radius 3 is 2.32 bits per heavy atom. The Bertz CT molecular complexity index is 2090.